The lowest BCUT2D eigenvalue weighted by molar-refractivity contribution is 1.06. The highest BCUT2D eigenvalue weighted by atomic mass is 35.5. The normalized spacial score (nSPS) is 11.6. The van der Waals surface area contributed by atoms with E-state index in [1.807, 2.05) is 94.3 Å². The van der Waals surface area contributed by atoms with Gasteiger partial charge >= 0.3 is 0 Å². The molecular weight excluding hydrogens is 391 g/mol. The van der Waals surface area contributed by atoms with E-state index in [9.17, 15) is 0 Å². The van der Waals surface area contributed by atoms with Crippen molar-refractivity contribution in [3.8, 4) is 11.4 Å². The van der Waals surface area contributed by atoms with Crippen LogP contribution in [0, 0.1) is 0 Å². The SMILES string of the molecule is Clc1ccccc1-n1cccc1C=NN=Cc1cccn1-c1ccccc1Cl. The van der Waals surface area contributed by atoms with Crippen molar-refractivity contribution in [2.75, 3.05) is 0 Å². The summed E-state index contributed by atoms with van der Waals surface area (Å²) in [6.45, 7) is 0. The van der Waals surface area contributed by atoms with Crippen LogP contribution in [0.25, 0.3) is 11.4 Å². The van der Waals surface area contributed by atoms with Gasteiger partial charge in [-0.15, -0.1) is 0 Å². The van der Waals surface area contributed by atoms with Gasteiger partial charge in [0.25, 0.3) is 0 Å². The first-order chi connectivity index (χ1) is 13.7. The Morgan fingerprint density at radius 3 is 1.43 bits per heavy atom. The molecule has 0 saturated heterocycles. The Labute approximate surface area is 173 Å². The molecule has 138 valence electrons. The molecule has 0 aliphatic heterocycles. The quantitative estimate of drug-likeness (QED) is 0.286. The van der Waals surface area contributed by atoms with Crippen LogP contribution in [0.1, 0.15) is 11.4 Å². The van der Waals surface area contributed by atoms with Crippen LogP contribution in [0.15, 0.2) is 95.4 Å². The molecule has 4 nitrogen and oxygen atoms in total. The lowest BCUT2D eigenvalue weighted by Crippen LogP contribution is -1.99. The van der Waals surface area contributed by atoms with Gasteiger partial charge < -0.3 is 9.13 Å². The Morgan fingerprint density at radius 1 is 0.571 bits per heavy atom. The zero-order chi connectivity index (χ0) is 19.3. The third kappa shape index (κ3) is 3.79. The molecule has 0 radical (unpaired) electrons. The van der Waals surface area contributed by atoms with Crippen LogP contribution in [0.3, 0.4) is 0 Å². The van der Waals surface area contributed by atoms with Crippen molar-refractivity contribution in [2.45, 2.75) is 0 Å². The summed E-state index contributed by atoms with van der Waals surface area (Å²) in [5.74, 6) is 0. The maximum absolute atomic E-state index is 6.30. The number of nitrogens with zero attached hydrogens (tertiary/aromatic N) is 4. The highest BCUT2D eigenvalue weighted by Crippen LogP contribution is 2.22. The molecule has 0 aliphatic carbocycles. The molecule has 2 aromatic heterocycles. The average Bonchev–Trinajstić information content (AvgIpc) is 3.35. The predicted molar refractivity (Wildman–Crippen MR) is 117 cm³/mol. The third-order valence-electron chi connectivity index (χ3n) is 4.23. The topological polar surface area (TPSA) is 34.6 Å². The minimum Gasteiger partial charge on any atom is -0.314 e. The first-order valence-electron chi connectivity index (χ1n) is 8.65. The van der Waals surface area contributed by atoms with E-state index in [0.29, 0.717) is 10.0 Å². The summed E-state index contributed by atoms with van der Waals surface area (Å²) in [4.78, 5) is 0. The Morgan fingerprint density at radius 2 is 1.00 bits per heavy atom. The largest absolute Gasteiger partial charge is 0.314 e. The zero-order valence-corrected chi connectivity index (χ0v) is 16.3. The van der Waals surface area contributed by atoms with Gasteiger partial charge in [0.15, 0.2) is 0 Å². The minimum absolute atomic E-state index is 0.675. The smallest absolute Gasteiger partial charge is 0.0736 e. The fourth-order valence-corrected chi connectivity index (χ4v) is 3.37. The molecule has 6 heteroatoms. The summed E-state index contributed by atoms with van der Waals surface area (Å²) < 4.78 is 3.93. The van der Waals surface area contributed by atoms with Crippen molar-refractivity contribution < 1.29 is 0 Å². The van der Waals surface area contributed by atoms with Crippen LogP contribution < -0.4 is 0 Å². The molecule has 2 heterocycles. The monoisotopic (exact) mass is 406 g/mol. The standard InChI is InChI=1S/C22H16Cl2N4/c23-19-9-1-3-11-21(19)27-13-5-7-17(27)15-25-26-16-18-8-6-14-28(18)22-12-4-2-10-20(22)24/h1-16H. The first-order valence-corrected chi connectivity index (χ1v) is 9.40. The van der Waals surface area contributed by atoms with E-state index in [4.69, 9.17) is 23.2 Å². The Bertz CT molecular complexity index is 1060. The van der Waals surface area contributed by atoms with E-state index >= 15 is 0 Å². The number of rotatable bonds is 5. The highest BCUT2D eigenvalue weighted by Gasteiger charge is 2.06. The summed E-state index contributed by atoms with van der Waals surface area (Å²) in [6.07, 6.45) is 7.27. The summed E-state index contributed by atoms with van der Waals surface area (Å²) in [6, 6.07) is 23.1. The van der Waals surface area contributed by atoms with Crippen LogP contribution in [-0.4, -0.2) is 21.6 Å². The second-order valence-corrected chi connectivity index (χ2v) is 6.81. The van der Waals surface area contributed by atoms with E-state index < -0.39 is 0 Å². The van der Waals surface area contributed by atoms with Gasteiger partial charge in [-0.05, 0) is 48.5 Å². The summed E-state index contributed by atoms with van der Waals surface area (Å²) in [5.41, 5.74) is 3.55. The van der Waals surface area contributed by atoms with Crippen molar-refractivity contribution in [3.63, 3.8) is 0 Å². The van der Waals surface area contributed by atoms with Gasteiger partial charge in [0.05, 0.1) is 45.2 Å². The number of hydrogen-bond acceptors (Lipinski definition) is 2. The van der Waals surface area contributed by atoms with Crippen molar-refractivity contribution in [3.05, 3.63) is 107 Å². The number of aromatic nitrogens is 2. The van der Waals surface area contributed by atoms with Crippen LogP contribution in [-0.2, 0) is 0 Å². The number of hydrogen-bond donors (Lipinski definition) is 0. The molecule has 0 spiro atoms. The fourth-order valence-electron chi connectivity index (χ4n) is 2.92. The van der Waals surface area contributed by atoms with Crippen molar-refractivity contribution in [1.29, 1.82) is 0 Å². The molecule has 0 saturated carbocycles. The second kappa shape index (κ2) is 8.30. The molecule has 0 atom stereocenters. The molecule has 0 N–H and O–H groups in total. The molecule has 28 heavy (non-hydrogen) atoms. The van der Waals surface area contributed by atoms with Crippen LogP contribution in [0.4, 0.5) is 0 Å². The van der Waals surface area contributed by atoms with Gasteiger partial charge in [0, 0.05) is 12.4 Å². The molecule has 0 aliphatic rings. The Hall–Kier alpha value is -3.08. The van der Waals surface area contributed by atoms with E-state index in [0.717, 1.165) is 22.8 Å². The van der Waals surface area contributed by atoms with Gasteiger partial charge in [-0.2, -0.15) is 10.2 Å². The summed E-state index contributed by atoms with van der Waals surface area (Å²) in [7, 11) is 0. The Balaban J connectivity index is 1.56. The lowest BCUT2D eigenvalue weighted by Gasteiger charge is -2.08. The molecule has 0 bridgehead atoms. The molecule has 0 fully saturated rings. The minimum atomic E-state index is 0.675. The van der Waals surface area contributed by atoms with Gasteiger partial charge in [-0.25, -0.2) is 0 Å². The summed E-state index contributed by atoms with van der Waals surface area (Å²) in [5, 5.41) is 9.74. The van der Waals surface area contributed by atoms with Crippen molar-refractivity contribution in [2.24, 2.45) is 10.2 Å². The number of benzene rings is 2. The van der Waals surface area contributed by atoms with Gasteiger partial charge in [0.1, 0.15) is 0 Å². The predicted octanol–water partition coefficient (Wildman–Crippen LogP) is 6.03. The zero-order valence-electron chi connectivity index (χ0n) is 14.8. The maximum Gasteiger partial charge on any atom is 0.0736 e. The van der Waals surface area contributed by atoms with Crippen molar-refractivity contribution in [1.82, 2.24) is 9.13 Å². The Kier molecular flexibility index (Phi) is 5.42. The third-order valence-corrected chi connectivity index (χ3v) is 4.87. The van der Waals surface area contributed by atoms with Crippen LogP contribution in [0.2, 0.25) is 10.0 Å². The van der Waals surface area contributed by atoms with Crippen molar-refractivity contribution >= 4 is 35.6 Å². The fraction of sp³-hybridized carbons (Fsp3) is 0. The highest BCUT2D eigenvalue weighted by molar-refractivity contribution is 6.32. The molecule has 2 aromatic carbocycles. The molecule has 0 unspecified atom stereocenters. The number of para-hydroxylation sites is 2. The maximum atomic E-state index is 6.30. The lowest BCUT2D eigenvalue weighted by atomic mass is 10.3. The van der Waals surface area contributed by atoms with E-state index in [-0.39, 0.29) is 0 Å². The summed E-state index contributed by atoms with van der Waals surface area (Å²) >= 11 is 12.6. The van der Waals surface area contributed by atoms with Gasteiger partial charge in [-0.3, -0.25) is 0 Å². The first kappa shape index (κ1) is 18.3. The van der Waals surface area contributed by atoms with E-state index in [2.05, 4.69) is 10.2 Å². The molecule has 0 amide bonds. The number of halogens is 2. The van der Waals surface area contributed by atoms with Crippen LogP contribution >= 0.6 is 23.2 Å². The van der Waals surface area contributed by atoms with Gasteiger partial charge in [0.2, 0.25) is 0 Å². The molecule has 4 rings (SSSR count). The second-order valence-electron chi connectivity index (χ2n) is 6.00. The average molecular weight is 407 g/mol. The van der Waals surface area contributed by atoms with E-state index in [1.54, 1.807) is 12.4 Å². The van der Waals surface area contributed by atoms with Gasteiger partial charge in [-0.1, -0.05) is 47.5 Å². The van der Waals surface area contributed by atoms with Crippen LogP contribution in [0.5, 0.6) is 0 Å². The molecule has 4 aromatic rings. The molecular formula is C22H16Cl2N4. The van der Waals surface area contributed by atoms with E-state index in [1.165, 1.54) is 0 Å².